The highest BCUT2D eigenvalue weighted by molar-refractivity contribution is 5.44. The number of para-hydroxylation sites is 1. The van der Waals surface area contributed by atoms with E-state index in [0.29, 0.717) is 12.4 Å². The first kappa shape index (κ1) is 10.2. The summed E-state index contributed by atoms with van der Waals surface area (Å²) in [5, 5.41) is 14.1. The van der Waals surface area contributed by atoms with Crippen LogP contribution in [0.3, 0.4) is 0 Å². The molecule has 0 spiro atoms. The van der Waals surface area contributed by atoms with Crippen molar-refractivity contribution < 1.29 is 4.74 Å². The van der Waals surface area contributed by atoms with Crippen LogP contribution in [0.25, 0.3) is 0 Å². The van der Waals surface area contributed by atoms with Crippen LogP contribution in [0.15, 0.2) is 24.3 Å². The molecule has 0 amide bonds. The van der Waals surface area contributed by atoms with Gasteiger partial charge in [-0.1, -0.05) is 30.3 Å². The number of aromatic nitrogens is 4. The van der Waals surface area contributed by atoms with Crippen LogP contribution in [0.5, 0.6) is 5.75 Å². The van der Waals surface area contributed by atoms with E-state index in [-0.39, 0.29) is 5.92 Å². The molecule has 2 aromatic rings. The lowest BCUT2D eigenvalue weighted by Crippen LogP contribution is -2.50. The fourth-order valence-electron chi connectivity index (χ4n) is 2.22. The molecule has 1 aromatic carbocycles. The lowest BCUT2D eigenvalue weighted by atomic mass is 9.77. The second kappa shape index (κ2) is 3.53. The maximum Gasteiger partial charge on any atom is 0.199 e. The molecule has 3 N–H and O–H groups in total. The van der Waals surface area contributed by atoms with Crippen LogP contribution in [0.1, 0.15) is 18.3 Å². The summed E-state index contributed by atoms with van der Waals surface area (Å²) in [6, 6.07) is 7.71. The van der Waals surface area contributed by atoms with Crippen molar-refractivity contribution in [2.45, 2.75) is 12.5 Å². The molecule has 0 aliphatic carbocycles. The predicted molar refractivity (Wildman–Crippen MR) is 60.2 cm³/mol. The molecule has 0 fully saturated rings. The van der Waals surface area contributed by atoms with Gasteiger partial charge in [0.05, 0.1) is 6.61 Å². The SMILES string of the molecule is CC1COc2ccccc2C1(N)c1nn[nH]n1. The highest BCUT2D eigenvalue weighted by atomic mass is 16.5. The number of hydrogen-bond donors (Lipinski definition) is 2. The van der Waals surface area contributed by atoms with Gasteiger partial charge in [0.2, 0.25) is 0 Å². The van der Waals surface area contributed by atoms with Crippen molar-refractivity contribution in [3.63, 3.8) is 0 Å². The van der Waals surface area contributed by atoms with Crippen LogP contribution in [0.4, 0.5) is 0 Å². The summed E-state index contributed by atoms with van der Waals surface area (Å²) in [5.41, 5.74) is 6.67. The molecule has 1 aromatic heterocycles. The average Bonchev–Trinajstić information content (AvgIpc) is 2.88. The summed E-state index contributed by atoms with van der Waals surface area (Å²) in [7, 11) is 0. The number of rotatable bonds is 1. The topological polar surface area (TPSA) is 89.7 Å². The van der Waals surface area contributed by atoms with Gasteiger partial charge in [-0.05, 0) is 6.07 Å². The molecule has 2 heterocycles. The average molecular weight is 231 g/mol. The number of H-pyrrole nitrogens is 1. The zero-order valence-corrected chi connectivity index (χ0v) is 9.42. The second-order valence-corrected chi connectivity index (χ2v) is 4.31. The highest BCUT2D eigenvalue weighted by Gasteiger charge is 2.44. The molecule has 3 rings (SSSR count). The number of fused-ring (bicyclic) bond motifs is 1. The van der Waals surface area contributed by atoms with E-state index in [0.717, 1.165) is 11.3 Å². The number of nitrogens with zero attached hydrogens (tertiary/aromatic N) is 3. The highest BCUT2D eigenvalue weighted by Crippen LogP contribution is 2.41. The summed E-state index contributed by atoms with van der Waals surface area (Å²) in [6.07, 6.45) is 0. The van der Waals surface area contributed by atoms with E-state index in [2.05, 4.69) is 20.6 Å². The van der Waals surface area contributed by atoms with Crippen molar-refractivity contribution in [3.8, 4) is 5.75 Å². The molecular formula is C11H13N5O. The quantitative estimate of drug-likeness (QED) is 0.742. The Hall–Kier alpha value is -1.95. The molecular weight excluding hydrogens is 218 g/mol. The molecule has 88 valence electrons. The molecule has 0 saturated carbocycles. The van der Waals surface area contributed by atoms with E-state index in [9.17, 15) is 0 Å². The second-order valence-electron chi connectivity index (χ2n) is 4.31. The number of nitrogens with two attached hydrogens (primary N) is 1. The molecule has 0 bridgehead atoms. The third-order valence-electron chi connectivity index (χ3n) is 3.31. The normalized spacial score (nSPS) is 27.3. The monoisotopic (exact) mass is 231 g/mol. The van der Waals surface area contributed by atoms with E-state index in [4.69, 9.17) is 10.5 Å². The summed E-state index contributed by atoms with van der Waals surface area (Å²) in [5.74, 6) is 1.37. The van der Waals surface area contributed by atoms with Crippen molar-refractivity contribution >= 4 is 0 Å². The van der Waals surface area contributed by atoms with Crippen molar-refractivity contribution in [2.75, 3.05) is 6.61 Å². The Balaban J connectivity index is 2.21. The first-order chi connectivity index (χ1) is 8.23. The minimum Gasteiger partial charge on any atom is -0.493 e. The number of ether oxygens (including phenoxy) is 1. The lowest BCUT2D eigenvalue weighted by Gasteiger charge is -2.38. The zero-order chi connectivity index (χ0) is 11.9. The molecule has 6 nitrogen and oxygen atoms in total. The zero-order valence-electron chi connectivity index (χ0n) is 9.42. The summed E-state index contributed by atoms with van der Waals surface area (Å²) in [4.78, 5) is 0. The molecule has 6 heteroatoms. The molecule has 0 saturated heterocycles. The number of hydrogen-bond acceptors (Lipinski definition) is 5. The van der Waals surface area contributed by atoms with Crippen molar-refractivity contribution in [2.24, 2.45) is 11.7 Å². The predicted octanol–water partition coefficient (Wildman–Crippen LogP) is 0.430. The van der Waals surface area contributed by atoms with Gasteiger partial charge in [-0.15, -0.1) is 10.2 Å². The van der Waals surface area contributed by atoms with Crippen LogP contribution in [-0.4, -0.2) is 27.2 Å². The Morgan fingerprint density at radius 3 is 3.06 bits per heavy atom. The summed E-state index contributed by atoms with van der Waals surface area (Å²) >= 11 is 0. The van der Waals surface area contributed by atoms with Gasteiger partial charge in [-0.25, -0.2) is 0 Å². The third-order valence-corrected chi connectivity index (χ3v) is 3.31. The van der Waals surface area contributed by atoms with Gasteiger partial charge in [-0.2, -0.15) is 5.21 Å². The summed E-state index contributed by atoms with van der Waals surface area (Å²) in [6.45, 7) is 2.56. The van der Waals surface area contributed by atoms with E-state index in [1.807, 2.05) is 31.2 Å². The van der Waals surface area contributed by atoms with Crippen LogP contribution in [-0.2, 0) is 5.54 Å². The molecule has 0 radical (unpaired) electrons. The van der Waals surface area contributed by atoms with Crippen LogP contribution in [0, 0.1) is 5.92 Å². The maximum atomic E-state index is 6.51. The van der Waals surface area contributed by atoms with Gasteiger partial charge < -0.3 is 10.5 Å². The molecule has 1 aliphatic heterocycles. The van der Waals surface area contributed by atoms with Gasteiger partial charge in [0.15, 0.2) is 5.82 Å². The summed E-state index contributed by atoms with van der Waals surface area (Å²) < 4.78 is 5.66. The Morgan fingerprint density at radius 1 is 1.47 bits per heavy atom. The minimum absolute atomic E-state index is 0.0787. The first-order valence-corrected chi connectivity index (χ1v) is 5.48. The fraction of sp³-hybridized carbons (Fsp3) is 0.364. The van der Waals surface area contributed by atoms with E-state index in [1.165, 1.54) is 0 Å². The largest absolute Gasteiger partial charge is 0.493 e. The van der Waals surface area contributed by atoms with Crippen LogP contribution in [0.2, 0.25) is 0 Å². The van der Waals surface area contributed by atoms with Gasteiger partial charge in [0.1, 0.15) is 11.3 Å². The molecule has 2 atom stereocenters. The molecule has 2 unspecified atom stereocenters. The fourth-order valence-corrected chi connectivity index (χ4v) is 2.22. The molecule has 1 aliphatic rings. The lowest BCUT2D eigenvalue weighted by molar-refractivity contribution is 0.162. The van der Waals surface area contributed by atoms with Crippen molar-refractivity contribution in [1.82, 2.24) is 20.6 Å². The Labute approximate surface area is 98.2 Å². The van der Waals surface area contributed by atoms with Gasteiger partial charge in [0.25, 0.3) is 0 Å². The van der Waals surface area contributed by atoms with Crippen molar-refractivity contribution in [3.05, 3.63) is 35.7 Å². The van der Waals surface area contributed by atoms with Crippen LogP contribution < -0.4 is 10.5 Å². The maximum absolute atomic E-state index is 6.51. The van der Waals surface area contributed by atoms with Crippen LogP contribution >= 0.6 is 0 Å². The smallest absolute Gasteiger partial charge is 0.199 e. The Morgan fingerprint density at radius 2 is 2.29 bits per heavy atom. The van der Waals surface area contributed by atoms with E-state index in [1.54, 1.807) is 0 Å². The van der Waals surface area contributed by atoms with E-state index >= 15 is 0 Å². The van der Waals surface area contributed by atoms with E-state index < -0.39 is 5.54 Å². The number of benzene rings is 1. The van der Waals surface area contributed by atoms with Gasteiger partial charge >= 0.3 is 0 Å². The third kappa shape index (κ3) is 1.34. The standard InChI is InChI=1S/C11H13N5O/c1-7-6-17-9-5-3-2-4-8(9)11(7,12)10-13-15-16-14-10/h2-5,7H,6,12H2,1H3,(H,13,14,15,16). The Kier molecular flexibility index (Phi) is 2.12. The first-order valence-electron chi connectivity index (χ1n) is 5.48. The minimum atomic E-state index is -0.748. The van der Waals surface area contributed by atoms with Crippen molar-refractivity contribution in [1.29, 1.82) is 0 Å². The van der Waals surface area contributed by atoms with Gasteiger partial charge in [0, 0.05) is 11.5 Å². The number of nitrogens with one attached hydrogen (secondary N) is 1. The number of tetrazole rings is 1. The number of aromatic amines is 1. The molecule has 17 heavy (non-hydrogen) atoms. The van der Waals surface area contributed by atoms with Gasteiger partial charge in [-0.3, -0.25) is 0 Å². The Bertz CT molecular complexity index is 526.